The molecule has 0 unspecified atom stereocenters. The SMILES string of the molecule is O=C(CCl)[O][Sb]([O]C(=O)CCl)([c]1cccc(F)c1)([c]1cccc(F)c1)[c]1cccc(F)c1. The Morgan fingerprint density at radius 2 is 0.969 bits per heavy atom. The quantitative estimate of drug-likeness (QED) is 0.312. The van der Waals surface area contributed by atoms with Crippen molar-refractivity contribution in [3.05, 3.63) is 90.2 Å². The molecular formula is C22H16Cl2F3O4Sb. The third kappa shape index (κ3) is 4.34. The summed E-state index contributed by atoms with van der Waals surface area (Å²) >= 11 is 4.92. The van der Waals surface area contributed by atoms with Crippen LogP contribution in [0, 0.1) is 17.5 Å². The number of hydrogen-bond acceptors (Lipinski definition) is 4. The van der Waals surface area contributed by atoms with Crippen LogP contribution in [0.4, 0.5) is 13.2 Å². The monoisotopic (exact) mass is 592 g/mol. The molecule has 3 aromatic rings. The molecule has 0 fully saturated rings. The van der Waals surface area contributed by atoms with E-state index in [1.807, 2.05) is 0 Å². The van der Waals surface area contributed by atoms with E-state index in [-0.39, 0.29) is 10.5 Å². The molecule has 32 heavy (non-hydrogen) atoms. The van der Waals surface area contributed by atoms with Gasteiger partial charge >= 0.3 is 195 Å². The Morgan fingerprint density at radius 3 is 1.22 bits per heavy atom. The summed E-state index contributed by atoms with van der Waals surface area (Å²) in [6.07, 6.45) is 0. The Hall–Kier alpha value is -2.21. The molecule has 0 spiro atoms. The summed E-state index contributed by atoms with van der Waals surface area (Å²) in [6, 6.07) is 14.4. The van der Waals surface area contributed by atoms with E-state index < -0.39 is 59.4 Å². The first-order valence-corrected chi connectivity index (χ1v) is 16.1. The molecule has 0 aromatic heterocycles. The Labute approximate surface area is 194 Å². The fraction of sp³-hybridized carbons (Fsp3) is 0.0909. The van der Waals surface area contributed by atoms with Gasteiger partial charge in [-0.25, -0.2) is 0 Å². The van der Waals surface area contributed by atoms with Gasteiger partial charge in [-0.15, -0.1) is 0 Å². The number of carbonyl (C=O) groups excluding carboxylic acids is 2. The maximum absolute atomic E-state index is 14.4. The van der Waals surface area contributed by atoms with Gasteiger partial charge in [-0.3, -0.25) is 0 Å². The van der Waals surface area contributed by atoms with E-state index in [1.54, 1.807) is 0 Å². The second kappa shape index (κ2) is 9.73. The van der Waals surface area contributed by atoms with E-state index in [0.29, 0.717) is 0 Å². The molecule has 0 atom stereocenters. The van der Waals surface area contributed by atoms with Gasteiger partial charge in [0.25, 0.3) is 0 Å². The van der Waals surface area contributed by atoms with Gasteiger partial charge < -0.3 is 0 Å². The van der Waals surface area contributed by atoms with Crippen LogP contribution >= 0.6 is 23.2 Å². The van der Waals surface area contributed by atoms with E-state index in [4.69, 9.17) is 29.2 Å². The zero-order valence-electron chi connectivity index (χ0n) is 16.3. The number of alkyl halides is 2. The first-order chi connectivity index (χ1) is 15.2. The molecule has 168 valence electrons. The molecule has 0 saturated heterocycles. The molecule has 0 heterocycles. The van der Waals surface area contributed by atoms with Crippen LogP contribution < -0.4 is 10.5 Å². The summed E-state index contributed by atoms with van der Waals surface area (Å²) < 4.78 is 54.9. The second-order valence-corrected chi connectivity index (χ2v) is 18.1. The number of halogens is 5. The first-order valence-electron chi connectivity index (χ1n) is 9.13. The van der Waals surface area contributed by atoms with Crippen molar-refractivity contribution in [1.82, 2.24) is 0 Å². The average Bonchev–Trinajstić information content (AvgIpc) is 2.78. The number of hydrogen-bond donors (Lipinski definition) is 0. The van der Waals surface area contributed by atoms with Crippen molar-refractivity contribution in [2.75, 3.05) is 11.8 Å². The van der Waals surface area contributed by atoms with Crippen LogP contribution in [0.5, 0.6) is 0 Å². The maximum atomic E-state index is 14.4. The summed E-state index contributed by atoms with van der Waals surface area (Å²) in [5.41, 5.74) is 0. The molecule has 0 saturated carbocycles. The van der Waals surface area contributed by atoms with Gasteiger partial charge in [-0.05, 0) is 0 Å². The number of benzene rings is 3. The van der Waals surface area contributed by atoms with Gasteiger partial charge in [-0.2, -0.15) is 0 Å². The predicted molar refractivity (Wildman–Crippen MR) is 117 cm³/mol. The van der Waals surface area contributed by atoms with Gasteiger partial charge in [0.2, 0.25) is 0 Å². The molecule has 3 aromatic carbocycles. The summed E-state index contributed by atoms with van der Waals surface area (Å²) in [6.45, 7) is 0. The van der Waals surface area contributed by atoms with Gasteiger partial charge in [0.05, 0.1) is 0 Å². The number of rotatable bonds is 7. The molecule has 0 amide bonds. The zero-order chi connectivity index (χ0) is 23.4. The third-order valence-electron chi connectivity index (χ3n) is 4.60. The van der Waals surface area contributed by atoms with Crippen molar-refractivity contribution >= 4 is 63.9 Å². The summed E-state index contributed by atoms with van der Waals surface area (Å²) in [5.74, 6) is -5.66. The first kappa shape index (κ1) is 24.4. The predicted octanol–water partition coefficient (Wildman–Crippen LogP) is 3.09. The van der Waals surface area contributed by atoms with Crippen molar-refractivity contribution in [1.29, 1.82) is 0 Å². The molecule has 0 radical (unpaired) electrons. The average molecular weight is 594 g/mol. The molecular weight excluding hydrogens is 578 g/mol. The zero-order valence-corrected chi connectivity index (χ0v) is 20.4. The normalized spacial score (nSPS) is 12.5. The van der Waals surface area contributed by atoms with Crippen LogP contribution in [0.3, 0.4) is 0 Å². The van der Waals surface area contributed by atoms with Gasteiger partial charge in [0.15, 0.2) is 0 Å². The van der Waals surface area contributed by atoms with Gasteiger partial charge in [0.1, 0.15) is 0 Å². The summed E-state index contributed by atoms with van der Waals surface area (Å²) in [5, 5.41) is 0. The van der Waals surface area contributed by atoms with Crippen LogP contribution in [-0.4, -0.2) is 41.9 Å². The van der Waals surface area contributed by atoms with Crippen molar-refractivity contribution in [3.63, 3.8) is 0 Å². The van der Waals surface area contributed by atoms with E-state index in [0.717, 1.165) is 36.4 Å². The Kier molecular flexibility index (Phi) is 7.43. The molecule has 4 nitrogen and oxygen atoms in total. The van der Waals surface area contributed by atoms with Crippen molar-refractivity contribution in [2.24, 2.45) is 0 Å². The number of carbonyl (C=O) groups is 2. The van der Waals surface area contributed by atoms with Crippen molar-refractivity contribution < 1.29 is 28.8 Å². The Balaban J connectivity index is 2.62. The summed E-state index contributed by atoms with van der Waals surface area (Å²) in [4.78, 5) is 25.3. The summed E-state index contributed by atoms with van der Waals surface area (Å²) in [7, 11) is 0. The van der Waals surface area contributed by atoms with Crippen LogP contribution in [0.1, 0.15) is 0 Å². The molecule has 0 aliphatic carbocycles. The third-order valence-corrected chi connectivity index (χ3v) is 18.6. The minimum absolute atomic E-state index is 0.0640. The minimum atomic E-state index is -6.51. The van der Waals surface area contributed by atoms with Gasteiger partial charge in [0, 0.05) is 0 Å². The van der Waals surface area contributed by atoms with Crippen LogP contribution in [0.15, 0.2) is 72.8 Å². The fourth-order valence-electron chi connectivity index (χ4n) is 3.41. The van der Waals surface area contributed by atoms with E-state index in [2.05, 4.69) is 0 Å². The molecule has 3 rings (SSSR count). The van der Waals surface area contributed by atoms with E-state index in [1.165, 1.54) is 36.4 Å². The fourth-order valence-corrected chi connectivity index (χ4v) is 17.1. The topological polar surface area (TPSA) is 52.6 Å². The molecule has 10 heteroatoms. The van der Waals surface area contributed by atoms with Gasteiger partial charge in [-0.1, -0.05) is 0 Å². The van der Waals surface area contributed by atoms with Crippen molar-refractivity contribution in [2.45, 2.75) is 0 Å². The van der Waals surface area contributed by atoms with Crippen molar-refractivity contribution in [3.8, 4) is 0 Å². The molecule has 0 bridgehead atoms. The Morgan fingerprint density at radius 1 is 0.656 bits per heavy atom. The standard InChI is InChI=1S/3C6H4F.2C2H3ClO2.Sb/c3*7-6-4-2-1-3-5-6;2*3-1-2(4)5;/h3*1-2,4-5H;2*1H2,(H,4,5);/q;;;;;+2/p-2. The second-order valence-electron chi connectivity index (χ2n) is 6.59. The molecule has 0 aliphatic heterocycles. The van der Waals surface area contributed by atoms with E-state index in [9.17, 15) is 22.8 Å². The van der Waals surface area contributed by atoms with Crippen LogP contribution in [0.25, 0.3) is 0 Å². The van der Waals surface area contributed by atoms with Crippen LogP contribution in [0.2, 0.25) is 0 Å². The molecule has 0 aliphatic rings. The Bertz CT molecular complexity index is 1040. The van der Waals surface area contributed by atoms with Crippen LogP contribution in [-0.2, 0) is 15.6 Å². The molecule has 0 N–H and O–H groups in total. The van der Waals surface area contributed by atoms with E-state index >= 15 is 0 Å².